The van der Waals surface area contributed by atoms with E-state index in [9.17, 15) is 0 Å². The summed E-state index contributed by atoms with van der Waals surface area (Å²) in [6, 6.07) is 12.4. The van der Waals surface area contributed by atoms with Crippen molar-refractivity contribution < 1.29 is 4.74 Å². The van der Waals surface area contributed by atoms with Crippen LogP contribution >= 0.6 is 11.6 Å². The molecule has 112 valence electrons. The molecule has 2 nitrogen and oxygen atoms in total. The number of rotatable bonds is 5. The number of aryl methyl sites for hydroxylation is 1. The summed E-state index contributed by atoms with van der Waals surface area (Å²) in [5.41, 5.74) is 4.65. The Balaban J connectivity index is 2.58. The van der Waals surface area contributed by atoms with Gasteiger partial charge in [0, 0.05) is 10.6 Å². The number of hydrogen-bond donors (Lipinski definition) is 1. The first kappa shape index (κ1) is 15.9. The normalized spacial score (nSPS) is 12.2. The Kier molecular flexibility index (Phi) is 5.27. The van der Waals surface area contributed by atoms with E-state index >= 15 is 0 Å². The van der Waals surface area contributed by atoms with Gasteiger partial charge in [-0.25, -0.2) is 0 Å². The Bertz CT molecular complexity index is 625. The van der Waals surface area contributed by atoms with Crippen LogP contribution in [0.25, 0.3) is 0 Å². The highest BCUT2D eigenvalue weighted by Gasteiger charge is 2.20. The molecule has 2 rings (SSSR count). The molecule has 3 heteroatoms. The Morgan fingerprint density at radius 2 is 1.90 bits per heavy atom. The van der Waals surface area contributed by atoms with Crippen molar-refractivity contribution in [3.63, 3.8) is 0 Å². The highest BCUT2D eigenvalue weighted by molar-refractivity contribution is 6.31. The summed E-state index contributed by atoms with van der Waals surface area (Å²) >= 11 is 6.29. The van der Waals surface area contributed by atoms with Crippen molar-refractivity contribution in [3.8, 4) is 5.75 Å². The first-order valence-corrected chi connectivity index (χ1v) is 7.59. The molecule has 1 N–H and O–H groups in total. The van der Waals surface area contributed by atoms with Crippen molar-refractivity contribution in [1.29, 1.82) is 0 Å². The van der Waals surface area contributed by atoms with Crippen LogP contribution in [-0.4, -0.2) is 13.7 Å². The highest BCUT2D eigenvalue weighted by atomic mass is 35.5. The van der Waals surface area contributed by atoms with Gasteiger partial charge in [0.15, 0.2) is 0 Å². The van der Waals surface area contributed by atoms with Crippen LogP contribution in [0.1, 0.15) is 35.2 Å². The molecule has 0 spiro atoms. The molecule has 0 aliphatic carbocycles. The van der Waals surface area contributed by atoms with Crippen molar-refractivity contribution in [2.75, 3.05) is 13.7 Å². The minimum atomic E-state index is 0.0727. The first-order valence-electron chi connectivity index (χ1n) is 7.21. The van der Waals surface area contributed by atoms with Gasteiger partial charge in [-0.3, -0.25) is 0 Å². The lowest BCUT2D eigenvalue weighted by Crippen LogP contribution is -2.23. The monoisotopic (exact) mass is 303 g/mol. The molecular formula is C18H22ClNO. The van der Waals surface area contributed by atoms with E-state index in [-0.39, 0.29) is 6.04 Å². The molecule has 2 aromatic rings. The number of methoxy groups -OCH3 is 1. The summed E-state index contributed by atoms with van der Waals surface area (Å²) in [5.74, 6) is 0.894. The summed E-state index contributed by atoms with van der Waals surface area (Å²) in [6.07, 6.45) is 0. The van der Waals surface area contributed by atoms with Crippen LogP contribution in [0.15, 0.2) is 36.4 Å². The van der Waals surface area contributed by atoms with Gasteiger partial charge in [-0.15, -0.1) is 0 Å². The summed E-state index contributed by atoms with van der Waals surface area (Å²) in [7, 11) is 1.71. The number of nitrogens with one attached hydrogen (secondary N) is 1. The SMILES string of the molecule is CCNC(c1cc(C)ccc1OC)c1cccc(Cl)c1C. The second-order valence-electron chi connectivity index (χ2n) is 5.19. The van der Waals surface area contributed by atoms with Crippen molar-refractivity contribution in [3.05, 3.63) is 63.7 Å². The Morgan fingerprint density at radius 1 is 1.14 bits per heavy atom. The first-order chi connectivity index (χ1) is 10.1. The molecular weight excluding hydrogens is 282 g/mol. The van der Waals surface area contributed by atoms with E-state index in [1.54, 1.807) is 7.11 Å². The van der Waals surface area contributed by atoms with Gasteiger partial charge in [-0.1, -0.05) is 48.4 Å². The smallest absolute Gasteiger partial charge is 0.123 e. The third-order valence-electron chi connectivity index (χ3n) is 3.73. The second-order valence-corrected chi connectivity index (χ2v) is 5.60. The van der Waals surface area contributed by atoms with Crippen molar-refractivity contribution in [1.82, 2.24) is 5.32 Å². The lowest BCUT2D eigenvalue weighted by Gasteiger charge is -2.23. The predicted molar refractivity (Wildman–Crippen MR) is 89.4 cm³/mol. The van der Waals surface area contributed by atoms with Crippen molar-refractivity contribution in [2.45, 2.75) is 26.8 Å². The fourth-order valence-electron chi connectivity index (χ4n) is 2.61. The largest absolute Gasteiger partial charge is 0.496 e. The van der Waals surface area contributed by atoms with Crippen molar-refractivity contribution >= 4 is 11.6 Å². The Hall–Kier alpha value is -1.51. The maximum Gasteiger partial charge on any atom is 0.123 e. The van der Waals surface area contributed by atoms with E-state index in [0.717, 1.165) is 28.4 Å². The van der Waals surface area contributed by atoms with Gasteiger partial charge >= 0.3 is 0 Å². The standard InChI is InChI=1S/C18H22ClNO/c1-5-20-18(14-7-6-8-16(19)13(14)3)15-11-12(2)9-10-17(15)21-4/h6-11,18,20H,5H2,1-4H3. The molecule has 0 aliphatic rings. The molecule has 0 saturated carbocycles. The predicted octanol–water partition coefficient (Wildman–Crippen LogP) is 4.66. The molecule has 1 atom stereocenters. The molecule has 0 radical (unpaired) electrons. The lowest BCUT2D eigenvalue weighted by atomic mass is 9.93. The van der Waals surface area contributed by atoms with Crippen LogP contribution in [0.3, 0.4) is 0 Å². The number of halogens is 1. The molecule has 0 heterocycles. The molecule has 21 heavy (non-hydrogen) atoms. The zero-order valence-electron chi connectivity index (χ0n) is 13.0. The molecule has 0 saturated heterocycles. The van der Waals surface area contributed by atoms with E-state index in [2.05, 4.69) is 44.3 Å². The summed E-state index contributed by atoms with van der Waals surface area (Å²) in [5, 5.41) is 4.34. The molecule has 0 fully saturated rings. The van der Waals surface area contributed by atoms with Crippen LogP contribution in [-0.2, 0) is 0 Å². The van der Waals surface area contributed by atoms with Crippen LogP contribution < -0.4 is 10.1 Å². The fourth-order valence-corrected chi connectivity index (χ4v) is 2.79. The number of benzene rings is 2. The van der Waals surface area contributed by atoms with Gasteiger partial charge in [0.05, 0.1) is 13.2 Å². The molecule has 0 aromatic heterocycles. The third-order valence-corrected chi connectivity index (χ3v) is 4.13. The minimum absolute atomic E-state index is 0.0727. The zero-order chi connectivity index (χ0) is 15.4. The average molecular weight is 304 g/mol. The summed E-state index contributed by atoms with van der Waals surface area (Å²) in [4.78, 5) is 0. The van der Waals surface area contributed by atoms with Gasteiger partial charge in [0.25, 0.3) is 0 Å². The maximum absolute atomic E-state index is 6.29. The highest BCUT2D eigenvalue weighted by Crippen LogP contribution is 2.34. The van der Waals surface area contributed by atoms with Gasteiger partial charge in [0.1, 0.15) is 5.75 Å². The molecule has 0 bridgehead atoms. The lowest BCUT2D eigenvalue weighted by molar-refractivity contribution is 0.404. The van der Waals surface area contributed by atoms with E-state index < -0.39 is 0 Å². The van der Waals surface area contributed by atoms with Crippen molar-refractivity contribution in [2.24, 2.45) is 0 Å². The third kappa shape index (κ3) is 3.39. The zero-order valence-corrected chi connectivity index (χ0v) is 13.8. The maximum atomic E-state index is 6.29. The quantitative estimate of drug-likeness (QED) is 0.867. The molecule has 2 aromatic carbocycles. The van der Waals surface area contributed by atoms with E-state index in [1.807, 2.05) is 18.2 Å². The Labute approximate surface area is 132 Å². The average Bonchev–Trinajstić information content (AvgIpc) is 2.48. The topological polar surface area (TPSA) is 21.3 Å². The molecule has 1 unspecified atom stereocenters. The molecule has 0 aliphatic heterocycles. The molecule has 0 amide bonds. The van der Waals surface area contributed by atoms with Gasteiger partial charge in [0.2, 0.25) is 0 Å². The Morgan fingerprint density at radius 3 is 2.57 bits per heavy atom. The van der Waals surface area contributed by atoms with E-state index in [0.29, 0.717) is 0 Å². The number of ether oxygens (including phenoxy) is 1. The van der Waals surface area contributed by atoms with E-state index in [1.165, 1.54) is 11.1 Å². The number of hydrogen-bond acceptors (Lipinski definition) is 2. The fraction of sp³-hybridized carbons (Fsp3) is 0.333. The summed E-state index contributed by atoms with van der Waals surface area (Å²) < 4.78 is 5.55. The van der Waals surface area contributed by atoms with E-state index in [4.69, 9.17) is 16.3 Å². The van der Waals surface area contributed by atoms with Gasteiger partial charge in [-0.05, 0) is 43.7 Å². The van der Waals surface area contributed by atoms with Gasteiger partial charge in [-0.2, -0.15) is 0 Å². The van der Waals surface area contributed by atoms with Crippen LogP contribution in [0.4, 0.5) is 0 Å². The van der Waals surface area contributed by atoms with Crippen LogP contribution in [0, 0.1) is 13.8 Å². The summed E-state index contributed by atoms with van der Waals surface area (Å²) in [6.45, 7) is 7.13. The minimum Gasteiger partial charge on any atom is -0.496 e. The van der Waals surface area contributed by atoms with Gasteiger partial charge < -0.3 is 10.1 Å². The van der Waals surface area contributed by atoms with Crippen LogP contribution in [0.5, 0.6) is 5.75 Å². The second kappa shape index (κ2) is 6.97. The van der Waals surface area contributed by atoms with Crippen LogP contribution in [0.2, 0.25) is 5.02 Å².